The van der Waals surface area contributed by atoms with E-state index in [0.29, 0.717) is 0 Å². The maximum Gasteiger partial charge on any atom is 0.329 e. The number of esters is 1. The molecule has 0 spiro atoms. The van der Waals surface area contributed by atoms with Gasteiger partial charge >= 0.3 is 5.97 Å². The van der Waals surface area contributed by atoms with Crippen LogP contribution in [0.15, 0.2) is 79.1 Å². The van der Waals surface area contributed by atoms with E-state index in [4.69, 9.17) is 10.5 Å². The molecular formula is C21H20N2O3. The zero-order valence-electron chi connectivity index (χ0n) is 14.2. The SMILES string of the molecule is NC(=O)C[C@H](C(=O)OCc1ccccc1)n1ccc(-c2ccccc2)c1. The molecule has 2 aromatic carbocycles. The van der Waals surface area contributed by atoms with Crippen LogP contribution in [0.2, 0.25) is 0 Å². The van der Waals surface area contributed by atoms with Gasteiger partial charge in [-0.15, -0.1) is 0 Å². The van der Waals surface area contributed by atoms with Crippen LogP contribution in [-0.2, 0) is 20.9 Å². The Kier molecular flexibility index (Phi) is 5.49. The molecule has 0 aliphatic carbocycles. The number of hydrogen-bond donors (Lipinski definition) is 1. The summed E-state index contributed by atoms with van der Waals surface area (Å²) in [5.74, 6) is -1.04. The second-order valence-corrected chi connectivity index (χ2v) is 5.99. The number of benzene rings is 2. The number of primary amides is 1. The van der Waals surface area contributed by atoms with E-state index in [1.165, 1.54) is 0 Å². The van der Waals surface area contributed by atoms with Crippen molar-refractivity contribution < 1.29 is 14.3 Å². The molecule has 1 heterocycles. The summed E-state index contributed by atoms with van der Waals surface area (Å²) in [5, 5.41) is 0. The van der Waals surface area contributed by atoms with Crippen LogP contribution in [0.5, 0.6) is 0 Å². The number of nitrogens with zero attached hydrogens (tertiary/aromatic N) is 1. The normalized spacial score (nSPS) is 11.7. The number of carbonyl (C=O) groups is 2. The van der Waals surface area contributed by atoms with E-state index in [0.717, 1.165) is 16.7 Å². The van der Waals surface area contributed by atoms with Crippen molar-refractivity contribution >= 4 is 11.9 Å². The molecule has 1 amide bonds. The molecule has 3 aromatic rings. The zero-order valence-corrected chi connectivity index (χ0v) is 14.2. The van der Waals surface area contributed by atoms with Crippen LogP contribution in [0.4, 0.5) is 0 Å². The Morgan fingerprint density at radius 1 is 0.923 bits per heavy atom. The summed E-state index contributed by atoms with van der Waals surface area (Å²) in [5.41, 5.74) is 8.20. The summed E-state index contributed by atoms with van der Waals surface area (Å²) in [4.78, 5) is 24.0. The lowest BCUT2D eigenvalue weighted by Gasteiger charge is -2.16. The third kappa shape index (κ3) is 4.39. The number of aromatic nitrogens is 1. The summed E-state index contributed by atoms with van der Waals surface area (Å²) in [6.45, 7) is 0.155. The van der Waals surface area contributed by atoms with Gasteiger partial charge < -0.3 is 15.0 Å². The van der Waals surface area contributed by atoms with E-state index < -0.39 is 17.9 Å². The Morgan fingerprint density at radius 2 is 1.58 bits per heavy atom. The lowest BCUT2D eigenvalue weighted by molar-refractivity contribution is -0.150. The molecule has 1 aromatic heterocycles. The second-order valence-electron chi connectivity index (χ2n) is 5.99. The smallest absolute Gasteiger partial charge is 0.329 e. The van der Waals surface area contributed by atoms with Gasteiger partial charge in [-0.2, -0.15) is 0 Å². The van der Waals surface area contributed by atoms with Crippen molar-refractivity contribution in [3.63, 3.8) is 0 Å². The molecule has 132 valence electrons. The molecule has 3 rings (SSSR count). The summed E-state index contributed by atoms with van der Waals surface area (Å²) in [7, 11) is 0. The van der Waals surface area contributed by atoms with Crippen molar-refractivity contribution in [2.24, 2.45) is 5.73 Å². The Balaban J connectivity index is 1.76. The van der Waals surface area contributed by atoms with Crippen LogP contribution in [0.3, 0.4) is 0 Å². The minimum absolute atomic E-state index is 0.115. The molecule has 0 aliphatic heterocycles. The molecule has 26 heavy (non-hydrogen) atoms. The van der Waals surface area contributed by atoms with Crippen molar-refractivity contribution in [2.45, 2.75) is 19.1 Å². The first-order valence-electron chi connectivity index (χ1n) is 8.35. The maximum atomic E-state index is 12.5. The second kappa shape index (κ2) is 8.16. The van der Waals surface area contributed by atoms with Gasteiger partial charge in [0.15, 0.2) is 0 Å². The molecule has 0 aliphatic rings. The van der Waals surface area contributed by atoms with Gasteiger partial charge in [-0.25, -0.2) is 4.79 Å². The molecule has 0 fully saturated rings. The predicted molar refractivity (Wildman–Crippen MR) is 99.0 cm³/mol. The Labute approximate surface area is 152 Å². The van der Waals surface area contributed by atoms with Crippen molar-refractivity contribution in [1.82, 2.24) is 4.57 Å². The highest BCUT2D eigenvalue weighted by Gasteiger charge is 2.24. The minimum Gasteiger partial charge on any atom is -0.459 e. The van der Waals surface area contributed by atoms with Gasteiger partial charge in [0.2, 0.25) is 5.91 Å². The predicted octanol–water partition coefficient (Wildman–Crippen LogP) is 3.32. The Morgan fingerprint density at radius 3 is 2.23 bits per heavy atom. The van der Waals surface area contributed by atoms with Crippen LogP contribution < -0.4 is 5.73 Å². The molecule has 0 radical (unpaired) electrons. The van der Waals surface area contributed by atoms with Crippen LogP contribution in [0.25, 0.3) is 11.1 Å². The minimum atomic E-state index is -0.784. The van der Waals surface area contributed by atoms with E-state index >= 15 is 0 Å². The molecule has 0 bridgehead atoms. The fourth-order valence-electron chi connectivity index (χ4n) is 2.73. The average molecular weight is 348 g/mol. The van der Waals surface area contributed by atoms with Gasteiger partial charge in [-0.1, -0.05) is 60.7 Å². The van der Waals surface area contributed by atoms with Gasteiger partial charge in [-0.05, 0) is 22.8 Å². The van der Waals surface area contributed by atoms with Crippen molar-refractivity contribution in [3.8, 4) is 11.1 Å². The highest BCUT2D eigenvalue weighted by atomic mass is 16.5. The van der Waals surface area contributed by atoms with Crippen LogP contribution in [0.1, 0.15) is 18.0 Å². The molecule has 0 saturated carbocycles. The van der Waals surface area contributed by atoms with Gasteiger partial charge in [0, 0.05) is 12.4 Å². The quantitative estimate of drug-likeness (QED) is 0.666. The highest BCUT2D eigenvalue weighted by Crippen LogP contribution is 2.23. The average Bonchev–Trinajstić information content (AvgIpc) is 3.15. The number of hydrogen-bond acceptors (Lipinski definition) is 3. The van der Waals surface area contributed by atoms with Crippen LogP contribution in [0, 0.1) is 0 Å². The van der Waals surface area contributed by atoms with E-state index in [1.54, 1.807) is 10.8 Å². The molecule has 5 heteroatoms. The van der Waals surface area contributed by atoms with Crippen LogP contribution >= 0.6 is 0 Å². The number of amides is 1. The van der Waals surface area contributed by atoms with Crippen molar-refractivity contribution in [1.29, 1.82) is 0 Å². The van der Waals surface area contributed by atoms with Gasteiger partial charge in [0.1, 0.15) is 12.6 Å². The van der Waals surface area contributed by atoms with E-state index in [-0.39, 0.29) is 13.0 Å². The maximum absolute atomic E-state index is 12.5. The number of ether oxygens (including phenoxy) is 1. The fraction of sp³-hybridized carbons (Fsp3) is 0.143. The van der Waals surface area contributed by atoms with Gasteiger partial charge in [-0.3, -0.25) is 4.79 Å². The van der Waals surface area contributed by atoms with E-state index in [1.807, 2.05) is 72.9 Å². The monoisotopic (exact) mass is 348 g/mol. The summed E-state index contributed by atoms with van der Waals surface area (Å²) in [6.07, 6.45) is 3.48. The third-order valence-corrected chi connectivity index (χ3v) is 4.07. The van der Waals surface area contributed by atoms with Gasteiger partial charge in [0.25, 0.3) is 0 Å². The standard InChI is InChI=1S/C21H20N2O3/c22-20(24)13-19(21(25)26-15-16-7-3-1-4-8-16)23-12-11-18(14-23)17-9-5-2-6-10-17/h1-12,14,19H,13,15H2,(H2,22,24)/t19-/m1/s1. The fourth-order valence-corrected chi connectivity index (χ4v) is 2.73. The molecule has 5 nitrogen and oxygen atoms in total. The summed E-state index contributed by atoms with van der Waals surface area (Å²) < 4.78 is 7.07. The number of nitrogens with two attached hydrogens (primary N) is 1. The van der Waals surface area contributed by atoms with Gasteiger partial charge in [0.05, 0.1) is 6.42 Å². The number of rotatable bonds is 7. The zero-order chi connectivity index (χ0) is 18.4. The first kappa shape index (κ1) is 17.5. The molecular weight excluding hydrogens is 328 g/mol. The molecule has 0 unspecified atom stereocenters. The molecule has 0 saturated heterocycles. The Bertz CT molecular complexity index is 873. The summed E-state index contributed by atoms with van der Waals surface area (Å²) in [6, 6.07) is 20.3. The lowest BCUT2D eigenvalue weighted by Crippen LogP contribution is -2.26. The first-order chi connectivity index (χ1) is 12.6. The highest BCUT2D eigenvalue weighted by molar-refractivity contribution is 5.83. The first-order valence-corrected chi connectivity index (χ1v) is 8.35. The van der Waals surface area contributed by atoms with E-state index in [2.05, 4.69) is 0 Å². The third-order valence-electron chi connectivity index (χ3n) is 4.07. The lowest BCUT2D eigenvalue weighted by atomic mass is 10.1. The number of carbonyl (C=O) groups excluding carboxylic acids is 2. The van der Waals surface area contributed by atoms with Crippen molar-refractivity contribution in [3.05, 3.63) is 84.7 Å². The van der Waals surface area contributed by atoms with Crippen LogP contribution in [-0.4, -0.2) is 16.4 Å². The van der Waals surface area contributed by atoms with Crippen molar-refractivity contribution in [2.75, 3.05) is 0 Å². The van der Waals surface area contributed by atoms with E-state index in [9.17, 15) is 9.59 Å². The molecule has 1 atom stereocenters. The summed E-state index contributed by atoms with van der Waals surface area (Å²) >= 11 is 0. The Hall–Kier alpha value is -3.34. The topological polar surface area (TPSA) is 74.3 Å². The largest absolute Gasteiger partial charge is 0.459 e. The molecule has 2 N–H and O–H groups in total.